The Hall–Kier alpha value is -2.82. The van der Waals surface area contributed by atoms with Crippen molar-refractivity contribution < 1.29 is 19.5 Å². The van der Waals surface area contributed by atoms with E-state index in [9.17, 15) is 19.5 Å². The number of likely N-dealkylation sites (tertiary alicyclic amines) is 1. The molecule has 0 bridgehead atoms. The summed E-state index contributed by atoms with van der Waals surface area (Å²) in [6, 6.07) is 6.05. The summed E-state index contributed by atoms with van der Waals surface area (Å²) in [7, 11) is 0. The van der Waals surface area contributed by atoms with E-state index in [1.807, 2.05) is 64.4 Å². The van der Waals surface area contributed by atoms with Gasteiger partial charge in [0.25, 0.3) is 0 Å². The number of carbonyl (C=O) groups is 3. The predicted molar refractivity (Wildman–Crippen MR) is 154 cm³/mol. The van der Waals surface area contributed by atoms with E-state index in [4.69, 9.17) is 5.73 Å². The van der Waals surface area contributed by atoms with E-state index < -0.39 is 23.6 Å². The van der Waals surface area contributed by atoms with Gasteiger partial charge in [-0.15, -0.1) is 11.3 Å². The molecule has 3 amide bonds. The molecule has 1 fully saturated rings. The van der Waals surface area contributed by atoms with Crippen molar-refractivity contribution in [2.45, 2.75) is 91.0 Å². The Balaban J connectivity index is 1.68. The van der Waals surface area contributed by atoms with E-state index in [-0.39, 0.29) is 36.7 Å². The van der Waals surface area contributed by atoms with Gasteiger partial charge in [0.05, 0.1) is 28.2 Å². The van der Waals surface area contributed by atoms with Crippen LogP contribution in [0.1, 0.15) is 77.1 Å². The fourth-order valence-electron chi connectivity index (χ4n) is 4.86. The maximum atomic E-state index is 13.7. The number of aliphatic hydroxyl groups excluding tert-OH is 1. The molecule has 0 saturated carbocycles. The van der Waals surface area contributed by atoms with E-state index >= 15 is 0 Å². The minimum absolute atomic E-state index is 0.0488. The summed E-state index contributed by atoms with van der Waals surface area (Å²) >= 11 is 1.59. The number of hydrogen-bond donors (Lipinski definition) is 4. The Kier molecular flexibility index (Phi) is 10.6. The number of nitrogens with one attached hydrogen (secondary N) is 2. The van der Waals surface area contributed by atoms with Crippen molar-refractivity contribution >= 4 is 29.1 Å². The SMILES string of the molecule is Cc1ncsc1-c1ccc([C@H](C)NC(=O)[C@@H]2C[C@@H](O)CN2C(=O)[C@@H](NC(=O)CCCCCN)C(C)(C)C)cc1. The van der Waals surface area contributed by atoms with Gasteiger partial charge in [-0.1, -0.05) is 51.5 Å². The van der Waals surface area contributed by atoms with E-state index in [1.54, 1.807) is 11.3 Å². The van der Waals surface area contributed by atoms with Crippen LogP contribution in [0.25, 0.3) is 10.4 Å². The monoisotopic (exact) mass is 557 g/mol. The molecule has 0 spiro atoms. The lowest BCUT2D eigenvalue weighted by Crippen LogP contribution is -2.57. The number of nitrogens with two attached hydrogens (primary N) is 1. The van der Waals surface area contributed by atoms with Crippen LogP contribution in [0.15, 0.2) is 29.8 Å². The first kappa shape index (κ1) is 30.7. The zero-order valence-corrected chi connectivity index (χ0v) is 24.5. The van der Waals surface area contributed by atoms with Crippen molar-refractivity contribution in [1.82, 2.24) is 20.5 Å². The fourth-order valence-corrected chi connectivity index (χ4v) is 5.67. The molecule has 5 N–H and O–H groups in total. The van der Waals surface area contributed by atoms with Gasteiger partial charge in [0.1, 0.15) is 12.1 Å². The molecular weight excluding hydrogens is 514 g/mol. The highest BCUT2D eigenvalue weighted by Gasteiger charge is 2.44. The quantitative estimate of drug-likeness (QED) is 0.313. The minimum Gasteiger partial charge on any atom is -0.391 e. The summed E-state index contributed by atoms with van der Waals surface area (Å²) in [5.74, 6) is -0.881. The fraction of sp³-hybridized carbons (Fsp3) is 0.586. The molecule has 1 aromatic carbocycles. The topological polar surface area (TPSA) is 138 Å². The molecule has 2 aromatic rings. The third-order valence-corrected chi connectivity index (χ3v) is 8.15. The molecule has 0 aliphatic carbocycles. The van der Waals surface area contributed by atoms with Crippen LogP contribution in [0.5, 0.6) is 0 Å². The van der Waals surface area contributed by atoms with Gasteiger partial charge in [-0.3, -0.25) is 14.4 Å². The second-order valence-corrected chi connectivity index (χ2v) is 12.3. The van der Waals surface area contributed by atoms with Gasteiger partial charge in [-0.25, -0.2) is 4.98 Å². The number of carbonyl (C=O) groups excluding carboxylic acids is 3. The lowest BCUT2D eigenvalue weighted by atomic mass is 9.85. The summed E-state index contributed by atoms with van der Waals surface area (Å²) < 4.78 is 0. The van der Waals surface area contributed by atoms with Gasteiger partial charge < -0.3 is 26.4 Å². The van der Waals surface area contributed by atoms with E-state index in [1.165, 1.54) is 4.90 Å². The van der Waals surface area contributed by atoms with Crippen LogP contribution in [0.3, 0.4) is 0 Å². The van der Waals surface area contributed by atoms with Crippen LogP contribution >= 0.6 is 11.3 Å². The number of thiazole rings is 1. The standard InChI is InChI=1S/C29H43N5O4S/c1-18(20-10-12-21(13-11-20)25-19(2)31-17-39-25)32-27(37)23-15-22(35)16-34(23)28(38)26(29(3,4)5)33-24(36)9-7-6-8-14-30/h10-13,17-18,22-23,26,35H,6-9,14-16,30H2,1-5H3,(H,32,37)(H,33,36)/t18-,22+,23-,26+/m0/s1. The molecule has 2 heterocycles. The van der Waals surface area contributed by atoms with Gasteiger partial charge >= 0.3 is 0 Å². The largest absolute Gasteiger partial charge is 0.391 e. The first-order chi connectivity index (χ1) is 18.4. The van der Waals surface area contributed by atoms with Gasteiger partial charge in [0, 0.05) is 19.4 Å². The molecule has 4 atom stereocenters. The van der Waals surface area contributed by atoms with Gasteiger partial charge in [0.2, 0.25) is 17.7 Å². The van der Waals surface area contributed by atoms with Crippen LogP contribution in [0.2, 0.25) is 0 Å². The van der Waals surface area contributed by atoms with Crippen LogP contribution in [0.4, 0.5) is 0 Å². The lowest BCUT2D eigenvalue weighted by Gasteiger charge is -2.35. The maximum Gasteiger partial charge on any atom is 0.246 e. The Labute approximate surface area is 235 Å². The zero-order chi connectivity index (χ0) is 28.7. The van der Waals surface area contributed by atoms with Crippen molar-refractivity contribution in [3.63, 3.8) is 0 Å². The normalized spacial score (nSPS) is 19.0. The van der Waals surface area contributed by atoms with Gasteiger partial charge in [0.15, 0.2) is 0 Å². The van der Waals surface area contributed by atoms with Crippen molar-refractivity contribution in [3.8, 4) is 10.4 Å². The number of aryl methyl sites for hydroxylation is 1. The van der Waals surface area contributed by atoms with Crippen molar-refractivity contribution in [3.05, 3.63) is 41.0 Å². The Bertz CT molecular complexity index is 1130. The van der Waals surface area contributed by atoms with Crippen LogP contribution < -0.4 is 16.4 Å². The third-order valence-electron chi connectivity index (χ3n) is 7.17. The highest BCUT2D eigenvalue weighted by molar-refractivity contribution is 7.13. The van der Waals surface area contributed by atoms with Crippen molar-refractivity contribution in [1.29, 1.82) is 0 Å². The predicted octanol–water partition coefficient (Wildman–Crippen LogP) is 3.31. The number of amides is 3. The highest BCUT2D eigenvalue weighted by Crippen LogP contribution is 2.29. The summed E-state index contributed by atoms with van der Waals surface area (Å²) in [4.78, 5) is 46.5. The number of aromatic nitrogens is 1. The zero-order valence-electron chi connectivity index (χ0n) is 23.7. The van der Waals surface area contributed by atoms with Crippen LogP contribution in [-0.4, -0.2) is 64.0 Å². The number of hydrogen-bond acceptors (Lipinski definition) is 7. The van der Waals surface area contributed by atoms with E-state index in [0.29, 0.717) is 19.4 Å². The summed E-state index contributed by atoms with van der Waals surface area (Å²) in [6.07, 6.45) is 2.05. The Morgan fingerprint density at radius 3 is 2.44 bits per heavy atom. The molecule has 3 rings (SSSR count). The summed E-state index contributed by atoms with van der Waals surface area (Å²) in [5, 5.41) is 16.3. The number of benzene rings is 1. The minimum atomic E-state index is -0.819. The summed E-state index contributed by atoms with van der Waals surface area (Å²) in [5.41, 5.74) is 9.76. The smallest absolute Gasteiger partial charge is 0.246 e. The number of aliphatic hydroxyl groups is 1. The Morgan fingerprint density at radius 1 is 1.15 bits per heavy atom. The molecule has 1 saturated heterocycles. The number of nitrogens with zero attached hydrogens (tertiary/aromatic N) is 2. The average molecular weight is 558 g/mol. The number of β-amino-alcohol motifs (C(OH)–C–C–N with tert-alkyl or cyclic N) is 1. The third kappa shape index (κ3) is 8.09. The number of rotatable bonds is 11. The van der Waals surface area contributed by atoms with E-state index in [2.05, 4.69) is 15.6 Å². The summed E-state index contributed by atoms with van der Waals surface area (Å²) in [6.45, 7) is 10.1. The van der Waals surface area contributed by atoms with Crippen LogP contribution in [-0.2, 0) is 14.4 Å². The molecule has 1 aliphatic rings. The molecule has 10 heteroatoms. The molecule has 39 heavy (non-hydrogen) atoms. The second kappa shape index (κ2) is 13.5. The number of unbranched alkanes of at least 4 members (excludes halogenated alkanes) is 2. The van der Waals surface area contributed by atoms with Gasteiger partial charge in [-0.2, -0.15) is 0 Å². The molecule has 0 unspecified atom stereocenters. The second-order valence-electron chi connectivity index (χ2n) is 11.5. The molecule has 214 valence electrons. The first-order valence-corrected chi connectivity index (χ1v) is 14.6. The van der Waals surface area contributed by atoms with Gasteiger partial charge in [-0.05, 0) is 49.8 Å². The van der Waals surface area contributed by atoms with Crippen molar-refractivity contribution in [2.24, 2.45) is 11.1 Å². The average Bonchev–Trinajstić information content (AvgIpc) is 3.49. The van der Waals surface area contributed by atoms with Crippen LogP contribution in [0, 0.1) is 12.3 Å². The maximum absolute atomic E-state index is 13.7. The Morgan fingerprint density at radius 2 is 1.85 bits per heavy atom. The molecule has 0 radical (unpaired) electrons. The molecule has 1 aromatic heterocycles. The van der Waals surface area contributed by atoms with Crippen molar-refractivity contribution in [2.75, 3.05) is 13.1 Å². The molecule has 9 nitrogen and oxygen atoms in total. The highest BCUT2D eigenvalue weighted by atomic mass is 32.1. The lowest BCUT2D eigenvalue weighted by molar-refractivity contribution is -0.144. The molecular formula is C29H43N5O4S. The first-order valence-electron chi connectivity index (χ1n) is 13.7. The van der Waals surface area contributed by atoms with E-state index in [0.717, 1.165) is 34.5 Å². The molecule has 1 aliphatic heterocycles.